The van der Waals surface area contributed by atoms with Crippen LogP contribution < -0.4 is 10.5 Å². The zero-order valence-electron chi connectivity index (χ0n) is 11.7. The van der Waals surface area contributed by atoms with Crippen LogP contribution >= 0.6 is 15.9 Å². The number of anilines is 1. The van der Waals surface area contributed by atoms with Crippen LogP contribution in [-0.4, -0.2) is 16.9 Å². The van der Waals surface area contributed by atoms with E-state index in [1.807, 2.05) is 13.1 Å². The summed E-state index contributed by atoms with van der Waals surface area (Å²) in [5, 5.41) is 4.47. The number of rotatable bonds is 2. The van der Waals surface area contributed by atoms with Crippen molar-refractivity contribution in [3.05, 3.63) is 27.7 Å². The van der Waals surface area contributed by atoms with Crippen LogP contribution in [0.4, 0.5) is 5.82 Å². The van der Waals surface area contributed by atoms with Gasteiger partial charge in [-0.15, -0.1) is 0 Å². The van der Waals surface area contributed by atoms with Gasteiger partial charge in [0.25, 0.3) is 0 Å². The van der Waals surface area contributed by atoms with Gasteiger partial charge in [0.05, 0.1) is 17.3 Å². The van der Waals surface area contributed by atoms with Gasteiger partial charge in [-0.2, -0.15) is 5.10 Å². The third kappa shape index (κ3) is 2.10. The molecule has 20 heavy (non-hydrogen) atoms. The Labute approximate surface area is 127 Å². The number of nitrogens with two attached hydrogens (primary N) is 1. The highest BCUT2D eigenvalue weighted by atomic mass is 79.9. The van der Waals surface area contributed by atoms with E-state index in [0.29, 0.717) is 5.82 Å². The fourth-order valence-corrected chi connectivity index (χ4v) is 3.67. The molecule has 0 bridgehead atoms. The third-order valence-corrected chi connectivity index (χ3v) is 4.77. The van der Waals surface area contributed by atoms with Gasteiger partial charge in [0, 0.05) is 18.7 Å². The average molecular weight is 336 g/mol. The summed E-state index contributed by atoms with van der Waals surface area (Å²) >= 11 is 3.71. The highest BCUT2D eigenvalue weighted by molar-refractivity contribution is 9.10. The number of nitrogens with zero attached hydrogens (tertiary/aromatic N) is 2. The van der Waals surface area contributed by atoms with Crippen LogP contribution in [0.15, 0.2) is 16.6 Å². The maximum absolute atomic E-state index is 5.89. The first-order valence-electron chi connectivity index (χ1n) is 6.80. The molecule has 0 radical (unpaired) electrons. The Bertz CT molecular complexity index is 644. The van der Waals surface area contributed by atoms with Crippen LogP contribution in [0.1, 0.15) is 24.0 Å². The molecule has 2 N–H and O–H groups in total. The van der Waals surface area contributed by atoms with Gasteiger partial charge in [-0.1, -0.05) is 0 Å². The summed E-state index contributed by atoms with van der Waals surface area (Å²) in [4.78, 5) is 0. The molecule has 0 saturated heterocycles. The molecule has 0 unspecified atom stereocenters. The van der Waals surface area contributed by atoms with Crippen molar-refractivity contribution in [2.24, 2.45) is 7.05 Å². The minimum Gasteiger partial charge on any atom is -0.495 e. The predicted octanol–water partition coefficient (Wildman–Crippen LogP) is 3.32. The quantitative estimate of drug-likeness (QED) is 0.915. The molecular formula is C15H18BrN3O. The van der Waals surface area contributed by atoms with Crippen LogP contribution in [0, 0.1) is 0 Å². The number of methoxy groups -OCH3 is 1. The zero-order valence-corrected chi connectivity index (χ0v) is 13.3. The lowest BCUT2D eigenvalue weighted by molar-refractivity contribution is 0.412. The summed E-state index contributed by atoms with van der Waals surface area (Å²) in [7, 11) is 3.55. The van der Waals surface area contributed by atoms with Gasteiger partial charge >= 0.3 is 0 Å². The van der Waals surface area contributed by atoms with Gasteiger partial charge in [0.2, 0.25) is 0 Å². The lowest BCUT2D eigenvalue weighted by Gasteiger charge is -2.21. The van der Waals surface area contributed by atoms with Crippen molar-refractivity contribution in [2.75, 3.05) is 12.8 Å². The second-order valence-corrected chi connectivity index (χ2v) is 5.99. The Hall–Kier alpha value is -1.49. The Kier molecular flexibility index (Phi) is 3.46. The largest absolute Gasteiger partial charge is 0.495 e. The number of halogens is 1. The Morgan fingerprint density at radius 3 is 2.70 bits per heavy atom. The van der Waals surface area contributed by atoms with Crippen LogP contribution in [0.2, 0.25) is 0 Å². The molecule has 0 aliphatic heterocycles. The van der Waals surface area contributed by atoms with Gasteiger partial charge in [-0.3, -0.25) is 4.68 Å². The minimum atomic E-state index is 0.649. The van der Waals surface area contributed by atoms with Crippen LogP contribution in [0.25, 0.3) is 11.3 Å². The van der Waals surface area contributed by atoms with Crippen LogP contribution in [-0.2, 0) is 19.9 Å². The van der Waals surface area contributed by atoms with Crippen LogP contribution in [0.5, 0.6) is 5.75 Å². The van der Waals surface area contributed by atoms with Gasteiger partial charge in [-0.25, -0.2) is 0 Å². The molecule has 0 saturated carbocycles. The van der Waals surface area contributed by atoms with E-state index in [1.54, 1.807) is 11.8 Å². The van der Waals surface area contributed by atoms with Gasteiger partial charge in [-0.05, 0) is 58.8 Å². The molecule has 0 atom stereocenters. The van der Waals surface area contributed by atoms with Crippen molar-refractivity contribution in [2.45, 2.75) is 25.7 Å². The molecule has 4 nitrogen and oxygen atoms in total. The summed E-state index contributed by atoms with van der Waals surface area (Å²) in [5.74, 6) is 1.50. The molecule has 1 aliphatic rings. The summed E-state index contributed by atoms with van der Waals surface area (Å²) in [6.45, 7) is 0. The van der Waals surface area contributed by atoms with Gasteiger partial charge < -0.3 is 10.5 Å². The van der Waals surface area contributed by atoms with Crippen molar-refractivity contribution in [3.8, 4) is 17.0 Å². The fraction of sp³-hybridized carbons (Fsp3) is 0.400. The lowest BCUT2D eigenvalue weighted by atomic mass is 9.89. The molecule has 1 aromatic carbocycles. The maximum atomic E-state index is 5.89. The molecule has 2 aromatic rings. The number of aromatic nitrogens is 2. The molecule has 1 heterocycles. The summed E-state index contributed by atoms with van der Waals surface area (Å²) in [5.41, 5.74) is 10.5. The highest BCUT2D eigenvalue weighted by Crippen LogP contribution is 2.42. The lowest BCUT2D eigenvalue weighted by Crippen LogP contribution is -2.06. The van der Waals surface area contributed by atoms with Crippen LogP contribution in [0.3, 0.4) is 0 Å². The summed E-state index contributed by atoms with van der Waals surface area (Å²) < 4.78 is 8.36. The Morgan fingerprint density at radius 1 is 1.30 bits per heavy atom. The maximum Gasteiger partial charge on any atom is 0.142 e. The molecule has 0 spiro atoms. The van der Waals surface area contributed by atoms with E-state index in [-0.39, 0.29) is 0 Å². The summed E-state index contributed by atoms with van der Waals surface area (Å²) in [6.07, 6.45) is 4.71. The zero-order chi connectivity index (χ0) is 14.3. The molecule has 0 amide bonds. The first kappa shape index (κ1) is 13.5. The number of nitrogen functional groups attached to an aromatic ring is 1. The van der Waals surface area contributed by atoms with Gasteiger partial charge in [0.1, 0.15) is 11.6 Å². The molecule has 1 aliphatic carbocycles. The van der Waals surface area contributed by atoms with Crippen molar-refractivity contribution < 1.29 is 4.74 Å². The van der Waals surface area contributed by atoms with Crippen molar-refractivity contribution >= 4 is 21.7 Å². The fourth-order valence-electron chi connectivity index (χ4n) is 2.84. The molecule has 3 rings (SSSR count). The normalized spacial score (nSPS) is 14.2. The monoisotopic (exact) mass is 335 g/mol. The number of fused-ring (bicyclic) bond motifs is 1. The topological polar surface area (TPSA) is 53.1 Å². The van der Waals surface area contributed by atoms with E-state index in [1.165, 1.54) is 24.0 Å². The van der Waals surface area contributed by atoms with Crippen molar-refractivity contribution in [3.63, 3.8) is 0 Å². The Morgan fingerprint density at radius 2 is 2.05 bits per heavy atom. The van der Waals surface area contributed by atoms with E-state index in [4.69, 9.17) is 10.5 Å². The molecular weight excluding hydrogens is 318 g/mol. The first-order chi connectivity index (χ1) is 9.61. The molecule has 106 valence electrons. The Balaban J connectivity index is 2.21. The number of hydrogen-bond donors (Lipinski definition) is 1. The minimum absolute atomic E-state index is 0.649. The average Bonchev–Trinajstić information content (AvgIpc) is 2.78. The number of ether oxygens (including phenoxy) is 1. The van der Waals surface area contributed by atoms with E-state index in [9.17, 15) is 0 Å². The second-order valence-electron chi connectivity index (χ2n) is 5.19. The van der Waals surface area contributed by atoms with E-state index < -0.39 is 0 Å². The predicted molar refractivity (Wildman–Crippen MR) is 84.0 cm³/mol. The number of aryl methyl sites for hydroxylation is 2. The smallest absolute Gasteiger partial charge is 0.142 e. The molecule has 1 aromatic heterocycles. The number of hydrogen-bond acceptors (Lipinski definition) is 3. The van der Waals surface area contributed by atoms with Crippen molar-refractivity contribution in [1.29, 1.82) is 0 Å². The van der Waals surface area contributed by atoms with E-state index in [0.717, 1.165) is 34.3 Å². The van der Waals surface area contributed by atoms with Gasteiger partial charge in [0.15, 0.2) is 0 Å². The second kappa shape index (κ2) is 5.13. The standard InChI is InChI=1S/C15H18BrN3O/c1-19-13(17)8-12(18-19)11-7-9-5-3-4-6-10(9)14(16)15(11)20-2/h7-8H,3-6,17H2,1-2H3. The van der Waals surface area contributed by atoms with E-state index >= 15 is 0 Å². The third-order valence-electron chi connectivity index (χ3n) is 3.93. The SMILES string of the molecule is COc1c(-c2cc(N)n(C)n2)cc2c(c1Br)CCCC2. The van der Waals surface area contributed by atoms with E-state index in [2.05, 4.69) is 27.1 Å². The highest BCUT2D eigenvalue weighted by Gasteiger charge is 2.21. The number of benzene rings is 1. The summed E-state index contributed by atoms with van der Waals surface area (Å²) in [6, 6.07) is 4.10. The molecule has 5 heteroatoms. The first-order valence-corrected chi connectivity index (χ1v) is 7.59. The molecule has 0 fully saturated rings. The van der Waals surface area contributed by atoms with Crippen molar-refractivity contribution in [1.82, 2.24) is 9.78 Å².